The fourth-order valence-electron chi connectivity index (χ4n) is 2.66. The van der Waals surface area contributed by atoms with Crippen molar-refractivity contribution in [2.45, 2.75) is 45.1 Å². The minimum atomic E-state index is 0.489. The molecule has 0 amide bonds. The molecule has 16 heavy (non-hydrogen) atoms. The van der Waals surface area contributed by atoms with E-state index in [9.17, 15) is 0 Å². The van der Waals surface area contributed by atoms with Gasteiger partial charge >= 0.3 is 0 Å². The molecule has 1 aliphatic carbocycles. The van der Waals surface area contributed by atoms with Gasteiger partial charge in [0, 0.05) is 6.04 Å². The fourth-order valence-corrected chi connectivity index (χ4v) is 2.66. The van der Waals surface area contributed by atoms with Crippen LogP contribution in [0.3, 0.4) is 0 Å². The number of rotatable bonds is 5. The predicted octanol–water partition coefficient (Wildman–Crippen LogP) is 3.92. The number of hydrogen-bond donors (Lipinski definition) is 1. The van der Waals surface area contributed by atoms with Crippen molar-refractivity contribution >= 4 is 0 Å². The van der Waals surface area contributed by atoms with Crippen LogP contribution < -0.4 is 5.32 Å². The van der Waals surface area contributed by atoms with Crippen LogP contribution in [0, 0.1) is 5.92 Å². The van der Waals surface area contributed by atoms with Gasteiger partial charge in [0.15, 0.2) is 0 Å². The van der Waals surface area contributed by atoms with Crippen LogP contribution in [0.5, 0.6) is 0 Å². The van der Waals surface area contributed by atoms with Crippen molar-refractivity contribution in [3.8, 4) is 0 Å². The summed E-state index contributed by atoms with van der Waals surface area (Å²) < 4.78 is 0. The maximum atomic E-state index is 3.63. The Kier molecular flexibility index (Phi) is 4.41. The lowest BCUT2D eigenvalue weighted by Crippen LogP contribution is -2.21. The highest BCUT2D eigenvalue weighted by Gasteiger charge is 2.14. The van der Waals surface area contributed by atoms with Gasteiger partial charge in [-0.1, -0.05) is 56.0 Å². The van der Waals surface area contributed by atoms with Gasteiger partial charge in [-0.15, -0.1) is 0 Å². The Morgan fingerprint density at radius 3 is 2.56 bits per heavy atom. The van der Waals surface area contributed by atoms with Gasteiger partial charge in [0.1, 0.15) is 0 Å². The summed E-state index contributed by atoms with van der Waals surface area (Å²) in [5.74, 6) is 0.996. The van der Waals surface area contributed by atoms with Gasteiger partial charge in [-0.25, -0.2) is 0 Å². The van der Waals surface area contributed by atoms with Gasteiger partial charge in [0.25, 0.3) is 0 Å². The lowest BCUT2D eigenvalue weighted by molar-refractivity contribution is 0.455. The first-order chi connectivity index (χ1) is 7.86. The first kappa shape index (κ1) is 11.7. The van der Waals surface area contributed by atoms with Crippen molar-refractivity contribution in [1.29, 1.82) is 0 Å². The van der Waals surface area contributed by atoms with E-state index in [4.69, 9.17) is 0 Å². The average Bonchev–Trinajstić information content (AvgIpc) is 2.83. The molecule has 0 heterocycles. The first-order valence-electron chi connectivity index (χ1n) is 6.64. The Morgan fingerprint density at radius 2 is 1.88 bits per heavy atom. The minimum absolute atomic E-state index is 0.489. The number of hydrogen-bond acceptors (Lipinski definition) is 1. The summed E-state index contributed by atoms with van der Waals surface area (Å²) in [7, 11) is 0. The van der Waals surface area contributed by atoms with Crippen LogP contribution in [0.1, 0.15) is 50.6 Å². The molecular weight excluding hydrogens is 194 g/mol. The molecule has 1 unspecified atom stereocenters. The van der Waals surface area contributed by atoms with Crippen LogP contribution in [0.15, 0.2) is 30.3 Å². The van der Waals surface area contributed by atoms with E-state index in [0.717, 1.165) is 5.92 Å². The van der Waals surface area contributed by atoms with E-state index in [-0.39, 0.29) is 0 Å². The highest BCUT2D eigenvalue weighted by atomic mass is 14.9. The van der Waals surface area contributed by atoms with E-state index in [1.165, 1.54) is 44.2 Å². The van der Waals surface area contributed by atoms with Crippen molar-refractivity contribution in [2.75, 3.05) is 6.54 Å². The molecule has 1 aromatic rings. The molecule has 1 atom stereocenters. The molecule has 0 aliphatic heterocycles. The summed E-state index contributed by atoms with van der Waals surface area (Å²) in [5, 5.41) is 3.63. The molecule has 88 valence electrons. The van der Waals surface area contributed by atoms with Gasteiger partial charge in [0.05, 0.1) is 0 Å². The van der Waals surface area contributed by atoms with E-state index >= 15 is 0 Å². The van der Waals surface area contributed by atoms with Crippen LogP contribution in [-0.4, -0.2) is 6.54 Å². The van der Waals surface area contributed by atoms with Crippen LogP contribution in [0.2, 0.25) is 0 Å². The van der Waals surface area contributed by atoms with Crippen LogP contribution in [0.25, 0.3) is 0 Å². The highest BCUT2D eigenvalue weighted by Crippen LogP contribution is 2.27. The van der Waals surface area contributed by atoms with E-state index in [1.54, 1.807) is 0 Å². The van der Waals surface area contributed by atoms with Gasteiger partial charge < -0.3 is 5.32 Å². The summed E-state index contributed by atoms with van der Waals surface area (Å²) in [6.07, 6.45) is 7.19. The molecule has 1 aromatic carbocycles. The molecule has 1 fully saturated rings. The van der Waals surface area contributed by atoms with Crippen molar-refractivity contribution in [1.82, 2.24) is 5.32 Å². The maximum absolute atomic E-state index is 3.63. The monoisotopic (exact) mass is 217 g/mol. The molecule has 0 radical (unpaired) electrons. The van der Waals surface area contributed by atoms with Crippen molar-refractivity contribution in [3.63, 3.8) is 0 Å². The third-order valence-electron chi connectivity index (χ3n) is 3.78. The molecule has 1 heteroatoms. The second kappa shape index (κ2) is 6.05. The Labute approximate surface area is 99.3 Å². The Bertz CT molecular complexity index is 288. The van der Waals surface area contributed by atoms with Crippen LogP contribution >= 0.6 is 0 Å². The smallest absolute Gasteiger partial charge is 0.0291 e. The van der Waals surface area contributed by atoms with Gasteiger partial charge in [-0.2, -0.15) is 0 Å². The SMILES string of the molecule is CC(NCCC1CCCC1)c1ccccc1. The van der Waals surface area contributed by atoms with Gasteiger partial charge in [0.2, 0.25) is 0 Å². The largest absolute Gasteiger partial charge is 0.310 e. The molecule has 2 rings (SSSR count). The average molecular weight is 217 g/mol. The predicted molar refractivity (Wildman–Crippen MR) is 69.4 cm³/mol. The molecular formula is C15H23N. The molecule has 1 nitrogen and oxygen atoms in total. The normalized spacial score (nSPS) is 18.8. The van der Waals surface area contributed by atoms with Crippen molar-refractivity contribution < 1.29 is 0 Å². The van der Waals surface area contributed by atoms with E-state index in [2.05, 4.69) is 42.6 Å². The third-order valence-corrected chi connectivity index (χ3v) is 3.78. The first-order valence-corrected chi connectivity index (χ1v) is 6.64. The molecule has 1 saturated carbocycles. The lowest BCUT2D eigenvalue weighted by Gasteiger charge is -2.16. The standard InChI is InChI=1S/C15H23N/c1-13(15-9-3-2-4-10-15)16-12-11-14-7-5-6-8-14/h2-4,9-10,13-14,16H,5-8,11-12H2,1H3. The highest BCUT2D eigenvalue weighted by molar-refractivity contribution is 5.17. The summed E-state index contributed by atoms with van der Waals surface area (Å²) in [6.45, 7) is 3.42. The molecule has 0 bridgehead atoms. The Hall–Kier alpha value is -0.820. The zero-order chi connectivity index (χ0) is 11.2. The zero-order valence-corrected chi connectivity index (χ0v) is 10.3. The lowest BCUT2D eigenvalue weighted by atomic mass is 10.0. The maximum Gasteiger partial charge on any atom is 0.0291 e. The quantitative estimate of drug-likeness (QED) is 0.788. The Morgan fingerprint density at radius 1 is 1.19 bits per heavy atom. The van der Waals surface area contributed by atoms with E-state index in [1.807, 2.05) is 0 Å². The minimum Gasteiger partial charge on any atom is -0.310 e. The van der Waals surface area contributed by atoms with Gasteiger partial charge in [-0.3, -0.25) is 0 Å². The van der Waals surface area contributed by atoms with Crippen molar-refractivity contribution in [2.24, 2.45) is 5.92 Å². The summed E-state index contributed by atoms with van der Waals surface area (Å²) >= 11 is 0. The molecule has 1 N–H and O–H groups in total. The van der Waals surface area contributed by atoms with Crippen LogP contribution in [-0.2, 0) is 0 Å². The number of benzene rings is 1. The molecule has 0 aromatic heterocycles. The van der Waals surface area contributed by atoms with Gasteiger partial charge in [-0.05, 0) is 31.4 Å². The second-order valence-corrected chi connectivity index (χ2v) is 5.03. The third kappa shape index (κ3) is 3.34. The molecule has 0 saturated heterocycles. The molecule has 1 aliphatic rings. The molecule has 0 spiro atoms. The Balaban J connectivity index is 1.69. The zero-order valence-electron chi connectivity index (χ0n) is 10.3. The summed E-state index contributed by atoms with van der Waals surface area (Å²) in [6, 6.07) is 11.2. The van der Waals surface area contributed by atoms with Crippen LogP contribution in [0.4, 0.5) is 0 Å². The summed E-state index contributed by atoms with van der Waals surface area (Å²) in [4.78, 5) is 0. The summed E-state index contributed by atoms with van der Waals surface area (Å²) in [5.41, 5.74) is 1.40. The number of nitrogens with one attached hydrogen (secondary N) is 1. The second-order valence-electron chi connectivity index (χ2n) is 5.03. The van der Waals surface area contributed by atoms with E-state index in [0.29, 0.717) is 6.04 Å². The fraction of sp³-hybridized carbons (Fsp3) is 0.600. The van der Waals surface area contributed by atoms with E-state index < -0.39 is 0 Å². The topological polar surface area (TPSA) is 12.0 Å². The van der Waals surface area contributed by atoms with Crippen molar-refractivity contribution in [3.05, 3.63) is 35.9 Å².